The number of anilines is 1. The Bertz CT molecular complexity index is 673. The Kier molecular flexibility index (Phi) is 5.10. The van der Waals surface area contributed by atoms with Crippen LogP contribution in [0.25, 0.3) is 0 Å². The fourth-order valence-corrected chi connectivity index (χ4v) is 3.08. The molecule has 0 saturated carbocycles. The van der Waals surface area contributed by atoms with Crippen molar-refractivity contribution in [3.63, 3.8) is 0 Å². The van der Waals surface area contributed by atoms with Gasteiger partial charge in [-0.25, -0.2) is 4.98 Å². The zero-order chi connectivity index (χ0) is 16.9. The fourth-order valence-electron chi connectivity index (χ4n) is 3.08. The van der Waals surface area contributed by atoms with Gasteiger partial charge in [0.05, 0.1) is 25.3 Å². The molecule has 2 atom stereocenters. The Balaban J connectivity index is 1.64. The number of aryl methyl sites for hydroxylation is 1. The first kappa shape index (κ1) is 16.4. The van der Waals surface area contributed by atoms with Crippen LogP contribution in [0.5, 0.6) is 0 Å². The van der Waals surface area contributed by atoms with E-state index >= 15 is 0 Å². The highest BCUT2D eigenvalue weighted by molar-refractivity contribution is 5.80. The summed E-state index contributed by atoms with van der Waals surface area (Å²) in [5.74, 6) is 2.37. The summed E-state index contributed by atoms with van der Waals surface area (Å²) in [5, 5.41) is 2.96. The van der Waals surface area contributed by atoms with E-state index in [1.54, 1.807) is 25.7 Å². The van der Waals surface area contributed by atoms with Gasteiger partial charge in [0.15, 0.2) is 0 Å². The molecule has 3 heterocycles. The van der Waals surface area contributed by atoms with Crippen molar-refractivity contribution < 1.29 is 13.9 Å². The monoisotopic (exact) mass is 330 g/mol. The van der Waals surface area contributed by atoms with E-state index in [1.165, 1.54) is 0 Å². The SMILES string of the molecule is COC[C@@H]1CN(c2cnccn2)C[C@H]1C(=O)NCc1ccc(C)o1. The van der Waals surface area contributed by atoms with Gasteiger partial charge in [0.1, 0.15) is 17.3 Å². The summed E-state index contributed by atoms with van der Waals surface area (Å²) in [6.07, 6.45) is 5.02. The number of hydrogen-bond acceptors (Lipinski definition) is 6. The molecule has 0 bridgehead atoms. The standard InChI is InChI=1S/C17H22N4O3/c1-12-3-4-14(24-12)7-20-17(22)15-10-21(9-13(15)11-23-2)16-8-18-5-6-19-16/h3-6,8,13,15H,7,9-11H2,1-2H3,(H,20,22)/t13-,15+/m0/s1. The van der Waals surface area contributed by atoms with Crippen LogP contribution in [0.3, 0.4) is 0 Å². The lowest BCUT2D eigenvalue weighted by Crippen LogP contribution is -2.36. The van der Waals surface area contributed by atoms with Crippen LogP contribution in [0.1, 0.15) is 11.5 Å². The van der Waals surface area contributed by atoms with Crippen molar-refractivity contribution in [2.75, 3.05) is 31.7 Å². The highest BCUT2D eigenvalue weighted by atomic mass is 16.5. The predicted molar refractivity (Wildman–Crippen MR) is 88.4 cm³/mol. The van der Waals surface area contributed by atoms with Gasteiger partial charge in [-0.3, -0.25) is 9.78 Å². The Morgan fingerprint density at radius 2 is 2.29 bits per heavy atom. The number of carbonyl (C=O) groups excluding carboxylic acids is 1. The Morgan fingerprint density at radius 1 is 1.42 bits per heavy atom. The number of amides is 1. The van der Waals surface area contributed by atoms with Crippen molar-refractivity contribution in [1.29, 1.82) is 0 Å². The normalized spacial score (nSPS) is 20.3. The first-order chi connectivity index (χ1) is 11.7. The third-order valence-electron chi connectivity index (χ3n) is 4.26. The highest BCUT2D eigenvalue weighted by Crippen LogP contribution is 2.27. The average Bonchev–Trinajstić information content (AvgIpc) is 3.20. The number of carbonyl (C=O) groups is 1. The first-order valence-corrected chi connectivity index (χ1v) is 8.00. The van der Waals surface area contributed by atoms with Gasteiger partial charge in [-0.05, 0) is 19.1 Å². The van der Waals surface area contributed by atoms with Crippen LogP contribution >= 0.6 is 0 Å². The quantitative estimate of drug-likeness (QED) is 0.862. The summed E-state index contributed by atoms with van der Waals surface area (Å²) in [6.45, 7) is 4.15. The number of hydrogen-bond donors (Lipinski definition) is 1. The Hall–Kier alpha value is -2.41. The van der Waals surface area contributed by atoms with Crippen LogP contribution in [0.15, 0.2) is 35.1 Å². The molecule has 3 rings (SSSR count). The maximum absolute atomic E-state index is 12.6. The van der Waals surface area contributed by atoms with E-state index in [0.29, 0.717) is 19.7 Å². The lowest BCUT2D eigenvalue weighted by Gasteiger charge is -2.16. The number of furan rings is 1. The molecule has 128 valence electrons. The van der Waals surface area contributed by atoms with Gasteiger partial charge < -0.3 is 19.4 Å². The topological polar surface area (TPSA) is 80.5 Å². The van der Waals surface area contributed by atoms with Gasteiger partial charge >= 0.3 is 0 Å². The maximum atomic E-state index is 12.6. The third kappa shape index (κ3) is 3.73. The molecule has 0 aromatic carbocycles. The minimum atomic E-state index is -0.150. The van der Waals surface area contributed by atoms with Crippen molar-refractivity contribution in [2.45, 2.75) is 13.5 Å². The van der Waals surface area contributed by atoms with Crippen molar-refractivity contribution in [1.82, 2.24) is 15.3 Å². The molecule has 7 nitrogen and oxygen atoms in total. The van der Waals surface area contributed by atoms with Crippen LogP contribution in [0.4, 0.5) is 5.82 Å². The van der Waals surface area contributed by atoms with E-state index in [2.05, 4.69) is 20.2 Å². The number of ether oxygens (including phenoxy) is 1. The molecule has 0 radical (unpaired) electrons. The molecule has 1 N–H and O–H groups in total. The van der Waals surface area contributed by atoms with Crippen molar-refractivity contribution in [3.8, 4) is 0 Å². The summed E-state index contributed by atoms with van der Waals surface area (Å²) < 4.78 is 10.8. The van der Waals surface area contributed by atoms with Gasteiger partial charge in [-0.2, -0.15) is 0 Å². The summed E-state index contributed by atoms with van der Waals surface area (Å²) in [5.41, 5.74) is 0. The van der Waals surface area contributed by atoms with Crippen molar-refractivity contribution in [3.05, 3.63) is 42.2 Å². The lowest BCUT2D eigenvalue weighted by atomic mass is 9.96. The second-order valence-corrected chi connectivity index (χ2v) is 6.02. The maximum Gasteiger partial charge on any atom is 0.225 e. The average molecular weight is 330 g/mol. The molecule has 2 aromatic rings. The fraction of sp³-hybridized carbons (Fsp3) is 0.471. The minimum absolute atomic E-state index is 0.0116. The predicted octanol–water partition coefficient (Wildman–Crippen LogP) is 1.39. The van der Waals surface area contributed by atoms with Gasteiger partial charge in [0.2, 0.25) is 5.91 Å². The molecule has 7 heteroatoms. The first-order valence-electron chi connectivity index (χ1n) is 8.00. The number of methoxy groups -OCH3 is 1. The lowest BCUT2D eigenvalue weighted by molar-refractivity contribution is -0.126. The molecule has 24 heavy (non-hydrogen) atoms. The zero-order valence-corrected chi connectivity index (χ0v) is 13.9. The van der Waals surface area contributed by atoms with E-state index in [4.69, 9.17) is 9.15 Å². The summed E-state index contributed by atoms with van der Waals surface area (Å²) >= 11 is 0. The van der Waals surface area contributed by atoms with E-state index in [9.17, 15) is 4.79 Å². The summed E-state index contributed by atoms with van der Waals surface area (Å²) in [4.78, 5) is 23.1. The number of nitrogens with one attached hydrogen (secondary N) is 1. The number of aromatic nitrogens is 2. The van der Waals surface area contributed by atoms with Crippen LogP contribution < -0.4 is 10.2 Å². The van der Waals surface area contributed by atoms with Crippen LogP contribution in [-0.4, -0.2) is 42.7 Å². The van der Waals surface area contributed by atoms with Gasteiger partial charge in [0.25, 0.3) is 0 Å². The molecular formula is C17H22N4O3. The molecule has 0 unspecified atom stereocenters. The minimum Gasteiger partial charge on any atom is -0.465 e. The van der Waals surface area contributed by atoms with Gasteiger partial charge in [-0.15, -0.1) is 0 Å². The molecule has 1 saturated heterocycles. The second-order valence-electron chi connectivity index (χ2n) is 6.02. The molecular weight excluding hydrogens is 308 g/mol. The molecule has 0 aliphatic carbocycles. The highest BCUT2D eigenvalue weighted by Gasteiger charge is 2.38. The van der Waals surface area contributed by atoms with E-state index in [1.807, 2.05) is 19.1 Å². The van der Waals surface area contributed by atoms with Crippen LogP contribution in [0, 0.1) is 18.8 Å². The van der Waals surface area contributed by atoms with Crippen molar-refractivity contribution >= 4 is 11.7 Å². The molecule has 1 aliphatic heterocycles. The smallest absolute Gasteiger partial charge is 0.225 e. The van der Waals surface area contributed by atoms with Crippen LogP contribution in [0.2, 0.25) is 0 Å². The van der Waals surface area contributed by atoms with Crippen molar-refractivity contribution in [2.24, 2.45) is 11.8 Å². The molecule has 1 fully saturated rings. The number of nitrogens with zero attached hydrogens (tertiary/aromatic N) is 3. The van der Waals surface area contributed by atoms with E-state index in [0.717, 1.165) is 23.9 Å². The van der Waals surface area contributed by atoms with E-state index in [-0.39, 0.29) is 17.7 Å². The Morgan fingerprint density at radius 3 is 2.96 bits per heavy atom. The molecule has 1 amide bonds. The second kappa shape index (κ2) is 7.44. The van der Waals surface area contributed by atoms with Crippen LogP contribution in [-0.2, 0) is 16.1 Å². The van der Waals surface area contributed by atoms with E-state index < -0.39 is 0 Å². The van der Waals surface area contributed by atoms with Gasteiger partial charge in [-0.1, -0.05) is 0 Å². The summed E-state index contributed by atoms with van der Waals surface area (Å²) in [7, 11) is 1.66. The molecule has 0 spiro atoms. The molecule has 2 aromatic heterocycles. The zero-order valence-electron chi connectivity index (χ0n) is 13.9. The van der Waals surface area contributed by atoms with Gasteiger partial charge in [0, 0.05) is 38.5 Å². The molecule has 1 aliphatic rings. The third-order valence-corrected chi connectivity index (χ3v) is 4.26. The Labute approximate surface area is 141 Å². The number of rotatable bonds is 6. The largest absolute Gasteiger partial charge is 0.465 e. The summed E-state index contributed by atoms with van der Waals surface area (Å²) in [6, 6.07) is 3.77.